The van der Waals surface area contributed by atoms with Gasteiger partial charge in [0.1, 0.15) is 0 Å². The fourth-order valence-corrected chi connectivity index (χ4v) is 2.24. The van der Waals surface area contributed by atoms with Crippen LogP contribution in [0.4, 0.5) is 5.69 Å². The zero-order valence-electron chi connectivity index (χ0n) is 8.00. The molecule has 0 radical (unpaired) electrons. The van der Waals surface area contributed by atoms with E-state index in [2.05, 4.69) is 17.1 Å². The second-order valence-electron chi connectivity index (χ2n) is 3.45. The molecule has 0 aliphatic carbocycles. The van der Waals surface area contributed by atoms with Gasteiger partial charge in [-0.3, -0.25) is 0 Å². The van der Waals surface area contributed by atoms with Crippen LogP contribution in [0, 0.1) is 0 Å². The van der Waals surface area contributed by atoms with Crippen molar-refractivity contribution in [1.82, 2.24) is 5.01 Å². The van der Waals surface area contributed by atoms with Crippen molar-refractivity contribution in [3.63, 3.8) is 0 Å². The van der Waals surface area contributed by atoms with E-state index in [9.17, 15) is 0 Å². The summed E-state index contributed by atoms with van der Waals surface area (Å²) in [5, 5.41) is 5.75. The molecular weight excluding hydrogens is 219 g/mol. The maximum absolute atomic E-state index is 6.12. The normalized spacial score (nSPS) is 17.8. The van der Waals surface area contributed by atoms with Gasteiger partial charge in [-0.25, -0.2) is 5.01 Å². The Morgan fingerprint density at radius 3 is 2.57 bits per heavy atom. The number of benzene rings is 1. The third kappa shape index (κ3) is 1.83. The highest BCUT2D eigenvalue weighted by molar-refractivity contribution is 6.36. The Labute approximate surface area is 94.0 Å². The molecule has 0 N–H and O–H groups in total. The van der Waals surface area contributed by atoms with E-state index in [4.69, 9.17) is 23.2 Å². The van der Waals surface area contributed by atoms with Crippen LogP contribution in [0.25, 0.3) is 0 Å². The van der Waals surface area contributed by atoms with Gasteiger partial charge in [0.15, 0.2) is 0 Å². The van der Waals surface area contributed by atoms with Crippen molar-refractivity contribution in [2.75, 3.05) is 25.1 Å². The number of hydrazine groups is 1. The van der Waals surface area contributed by atoms with Crippen LogP contribution in [0.15, 0.2) is 18.2 Å². The fraction of sp³-hybridized carbons (Fsp3) is 0.400. The standard InChI is InChI=1S/C10H12Cl2N2/c1-13-5-2-6-14(13)10-4-3-8(11)7-9(10)12/h3-4,7H,2,5-6H2,1H3. The summed E-state index contributed by atoms with van der Waals surface area (Å²) >= 11 is 12.0. The van der Waals surface area contributed by atoms with Crippen LogP contribution in [0.3, 0.4) is 0 Å². The maximum Gasteiger partial charge on any atom is 0.0709 e. The minimum absolute atomic E-state index is 0.681. The number of anilines is 1. The van der Waals surface area contributed by atoms with Crippen molar-refractivity contribution in [1.29, 1.82) is 0 Å². The minimum atomic E-state index is 0.681. The Bertz CT molecular complexity index is 341. The zero-order chi connectivity index (χ0) is 10.1. The summed E-state index contributed by atoms with van der Waals surface area (Å²) in [7, 11) is 2.07. The lowest BCUT2D eigenvalue weighted by Gasteiger charge is -2.27. The first-order valence-corrected chi connectivity index (χ1v) is 5.38. The average Bonchev–Trinajstić information content (AvgIpc) is 2.52. The van der Waals surface area contributed by atoms with E-state index in [1.54, 1.807) is 6.07 Å². The maximum atomic E-state index is 6.12. The van der Waals surface area contributed by atoms with Gasteiger partial charge in [0.25, 0.3) is 0 Å². The molecule has 1 heterocycles. The van der Waals surface area contributed by atoms with Gasteiger partial charge >= 0.3 is 0 Å². The van der Waals surface area contributed by atoms with Crippen LogP contribution in [0.1, 0.15) is 6.42 Å². The second kappa shape index (κ2) is 3.97. The van der Waals surface area contributed by atoms with Crippen molar-refractivity contribution in [3.05, 3.63) is 28.2 Å². The van der Waals surface area contributed by atoms with Crippen molar-refractivity contribution in [2.45, 2.75) is 6.42 Å². The Balaban J connectivity index is 2.31. The first kappa shape index (κ1) is 10.1. The monoisotopic (exact) mass is 230 g/mol. The zero-order valence-corrected chi connectivity index (χ0v) is 9.52. The SMILES string of the molecule is CN1CCCN1c1ccc(Cl)cc1Cl. The van der Waals surface area contributed by atoms with Crippen LogP contribution in [0.2, 0.25) is 10.0 Å². The molecule has 0 spiro atoms. The first-order chi connectivity index (χ1) is 6.68. The highest BCUT2D eigenvalue weighted by Crippen LogP contribution is 2.31. The Kier molecular flexibility index (Phi) is 2.86. The van der Waals surface area contributed by atoms with Crippen LogP contribution < -0.4 is 5.01 Å². The van der Waals surface area contributed by atoms with Gasteiger partial charge in [-0.05, 0) is 24.6 Å². The van der Waals surface area contributed by atoms with Gasteiger partial charge in [-0.15, -0.1) is 0 Å². The largest absolute Gasteiger partial charge is 0.305 e. The minimum Gasteiger partial charge on any atom is -0.305 e. The van der Waals surface area contributed by atoms with Gasteiger partial charge in [0.2, 0.25) is 0 Å². The molecule has 1 aromatic carbocycles. The van der Waals surface area contributed by atoms with Crippen molar-refractivity contribution < 1.29 is 0 Å². The van der Waals surface area contributed by atoms with Gasteiger partial charge in [0, 0.05) is 25.2 Å². The predicted molar refractivity (Wildman–Crippen MR) is 61.1 cm³/mol. The van der Waals surface area contributed by atoms with Crippen molar-refractivity contribution in [2.24, 2.45) is 0 Å². The van der Waals surface area contributed by atoms with Gasteiger partial charge in [-0.1, -0.05) is 23.2 Å². The molecule has 1 aliphatic rings. The predicted octanol–water partition coefficient (Wildman–Crippen LogP) is 3.05. The van der Waals surface area contributed by atoms with E-state index in [0.29, 0.717) is 10.0 Å². The summed E-state index contributed by atoms with van der Waals surface area (Å²) in [6, 6.07) is 5.62. The average molecular weight is 231 g/mol. The molecule has 1 aliphatic heterocycles. The smallest absolute Gasteiger partial charge is 0.0709 e. The Morgan fingerprint density at radius 1 is 1.21 bits per heavy atom. The Hall–Kier alpha value is -0.440. The summed E-state index contributed by atoms with van der Waals surface area (Å²) < 4.78 is 0. The van der Waals surface area contributed by atoms with Gasteiger partial charge in [-0.2, -0.15) is 0 Å². The van der Waals surface area contributed by atoms with E-state index in [1.807, 2.05) is 12.1 Å². The third-order valence-corrected chi connectivity index (χ3v) is 2.99. The van der Waals surface area contributed by atoms with Crippen molar-refractivity contribution >= 4 is 28.9 Å². The number of nitrogens with zero attached hydrogens (tertiary/aromatic N) is 2. The number of hydrogen-bond acceptors (Lipinski definition) is 2. The number of rotatable bonds is 1. The lowest BCUT2D eigenvalue weighted by atomic mass is 10.3. The van der Waals surface area contributed by atoms with E-state index in [0.717, 1.165) is 18.8 Å². The van der Waals surface area contributed by atoms with E-state index in [-0.39, 0.29) is 0 Å². The van der Waals surface area contributed by atoms with E-state index in [1.165, 1.54) is 6.42 Å². The molecule has 0 saturated carbocycles. The molecular formula is C10H12Cl2N2. The molecule has 0 aromatic heterocycles. The van der Waals surface area contributed by atoms with E-state index < -0.39 is 0 Å². The lowest BCUT2D eigenvalue weighted by Crippen LogP contribution is -2.33. The molecule has 0 atom stereocenters. The van der Waals surface area contributed by atoms with Gasteiger partial charge in [0.05, 0.1) is 10.7 Å². The summed E-state index contributed by atoms with van der Waals surface area (Å²) in [6.07, 6.45) is 1.18. The summed E-state index contributed by atoms with van der Waals surface area (Å²) in [6.45, 7) is 2.11. The molecule has 2 nitrogen and oxygen atoms in total. The molecule has 14 heavy (non-hydrogen) atoms. The molecule has 4 heteroatoms. The topological polar surface area (TPSA) is 6.48 Å². The highest BCUT2D eigenvalue weighted by Gasteiger charge is 2.20. The number of hydrogen-bond donors (Lipinski definition) is 0. The van der Waals surface area contributed by atoms with Crippen LogP contribution in [0.5, 0.6) is 0 Å². The van der Waals surface area contributed by atoms with E-state index >= 15 is 0 Å². The Morgan fingerprint density at radius 2 is 2.00 bits per heavy atom. The quantitative estimate of drug-likeness (QED) is 0.732. The molecule has 1 fully saturated rings. The molecule has 1 aromatic rings. The molecule has 1 saturated heterocycles. The summed E-state index contributed by atoms with van der Waals surface area (Å²) in [5.41, 5.74) is 1.04. The third-order valence-electron chi connectivity index (χ3n) is 2.45. The summed E-state index contributed by atoms with van der Waals surface area (Å²) in [5.74, 6) is 0. The van der Waals surface area contributed by atoms with Gasteiger partial charge < -0.3 is 5.01 Å². The molecule has 2 rings (SSSR count). The lowest BCUT2D eigenvalue weighted by molar-refractivity contribution is 0.383. The van der Waals surface area contributed by atoms with Crippen LogP contribution in [-0.2, 0) is 0 Å². The highest BCUT2D eigenvalue weighted by atomic mass is 35.5. The second-order valence-corrected chi connectivity index (χ2v) is 4.30. The molecule has 76 valence electrons. The first-order valence-electron chi connectivity index (χ1n) is 4.62. The van der Waals surface area contributed by atoms with Crippen molar-refractivity contribution in [3.8, 4) is 0 Å². The van der Waals surface area contributed by atoms with Crippen LogP contribution in [-0.4, -0.2) is 25.1 Å². The molecule has 0 bridgehead atoms. The fourth-order valence-electron chi connectivity index (χ4n) is 1.74. The molecule has 0 amide bonds. The number of halogens is 2. The van der Waals surface area contributed by atoms with Crippen LogP contribution >= 0.6 is 23.2 Å². The summed E-state index contributed by atoms with van der Waals surface area (Å²) in [4.78, 5) is 0. The molecule has 0 unspecified atom stereocenters.